The van der Waals surface area contributed by atoms with Gasteiger partial charge in [-0.05, 0) is 31.2 Å². The van der Waals surface area contributed by atoms with Crippen molar-refractivity contribution in [1.29, 1.82) is 0 Å². The van der Waals surface area contributed by atoms with Crippen molar-refractivity contribution < 1.29 is 14.4 Å². The second-order valence-corrected chi connectivity index (χ2v) is 7.77. The second-order valence-electron chi connectivity index (χ2n) is 7.77. The molecule has 2 aliphatic heterocycles. The molecule has 0 aliphatic carbocycles. The van der Waals surface area contributed by atoms with E-state index in [4.69, 9.17) is 0 Å². The van der Waals surface area contributed by atoms with Crippen LogP contribution in [0.4, 0.5) is 0 Å². The number of amides is 3. The molecule has 1 aromatic carbocycles. The maximum absolute atomic E-state index is 13.3. The largest absolute Gasteiger partial charge is 0.354 e. The second kappa shape index (κ2) is 8.02. The van der Waals surface area contributed by atoms with Crippen molar-refractivity contribution >= 4 is 17.7 Å². The van der Waals surface area contributed by atoms with Crippen LogP contribution in [-0.2, 0) is 16.0 Å². The quantitative estimate of drug-likeness (QED) is 0.670. The molecule has 29 heavy (non-hydrogen) atoms. The fourth-order valence-corrected chi connectivity index (χ4v) is 4.01. The SMILES string of the molecule is O=C1NCCCCC1NC(=O)C1(Cc2ccccc2)CN(C(=O)c2cn[nH]n2)C1. The Hall–Kier alpha value is -3.23. The summed E-state index contributed by atoms with van der Waals surface area (Å²) in [6, 6.07) is 9.18. The van der Waals surface area contributed by atoms with Crippen molar-refractivity contribution in [2.45, 2.75) is 31.7 Å². The summed E-state index contributed by atoms with van der Waals surface area (Å²) in [6.45, 7) is 1.18. The summed E-state index contributed by atoms with van der Waals surface area (Å²) in [5.74, 6) is -0.587. The number of carbonyl (C=O) groups excluding carboxylic acids is 3. The molecule has 2 aliphatic rings. The van der Waals surface area contributed by atoms with E-state index in [1.807, 2.05) is 30.3 Å². The molecular formula is C20H24N6O3. The molecule has 2 aromatic rings. The number of rotatable bonds is 5. The van der Waals surface area contributed by atoms with E-state index in [2.05, 4.69) is 26.0 Å². The molecule has 2 fully saturated rings. The van der Waals surface area contributed by atoms with Gasteiger partial charge in [-0.1, -0.05) is 30.3 Å². The molecular weight excluding hydrogens is 372 g/mol. The van der Waals surface area contributed by atoms with E-state index in [1.165, 1.54) is 6.20 Å². The number of aromatic nitrogens is 3. The first-order valence-electron chi connectivity index (χ1n) is 9.85. The molecule has 9 heteroatoms. The molecule has 1 atom stereocenters. The number of likely N-dealkylation sites (tertiary alicyclic amines) is 1. The molecule has 1 unspecified atom stereocenters. The molecule has 2 saturated heterocycles. The maximum atomic E-state index is 13.3. The van der Waals surface area contributed by atoms with Gasteiger partial charge in [0, 0.05) is 19.6 Å². The smallest absolute Gasteiger partial charge is 0.276 e. The minimum Gasteiger partial charge on any atom is -0.354 e. The van der Waals surface area contributed by atoms with E-state index in [-0.39, 0.29) is 36.5 Å². The van der Waals surface area contributed by atoms with Crippen LogP contribution in [0.2, 0.25) is 0 Å². The van der Waals surface area contributed by atoms with E-state index in [9.17, 15) is 14.4 Å². The summed E-state index contributed by atoms with van der Waals surface area (Å²) in [4.78, 5) is 39.7. The lowest BCUT2D eigenvalue weighted by atomic mass is 9.73. The summed E-state index contributed by atoms with van der Waals surface area (Å²) in [6.07, 6.45) is 4.28. The molecule has 4 rings (SSSR count). The summed E-state index contributed by atoms with van der Waals surface area (Å²) in [5, 5.41) is 15.7. The fraction of sp³-hybridized carbons (Fsp3) is 0.450. The lowest BCUT2D eigenvalue weighted by molar-refractivity contribution is -0.142. The summed E-state index contributed by atoms with van der Waals surface area (Å²) < 4.78 is 0. The third kappa shape index (κ3) is 3.98. The Morgan fingerprint density at radius 1 is 1.21 bits per heavy atom. The zero-order valence-electron chi connectivity index (χ0n) is 16.1. The minimum atomic E-state index is -0.771. The lowest BCUT2D eigenvalue weighted by Gasteiger charge is -2.49. The molecule has 3 heterocycles. The van der Waals surface area contributed by atoms with Gasteiger partial charge in [0.15, 0.2) is 5.69 Å². The zero-order chi connectivity index (χ0) is 20.3. The van der Waals surface area contributed by atoms with Crippen molar-refractivity contribution in [3.05, 3.63) is 47.8 Å². The van der Waals surface area contributed by atoms with Gasteiger partial charge in [0.2, 0.25) is 11.8 Å². The van der Waals surface area contributed by atoms with Crippen LogP contribution in [0.25, 0.3) is 0 Å². The summed E-state index contributed by atoms with van der Waals surface area (Å²) in [5.41, 5.74) is 0.469. The molecule has 0 bridgehead atoms. The van der Waals surface area contributed by atoms with Crippen molar-refractivity contribution in [3.63, 3.8) is 0 Å². The van der Waals surface area contributed by atoms with Crippen molar-refractivity contribution in [1.82, 2.24) is 30.9 Å². The van der Waals surface area contributed by atoms with Crippen LogP contribution in [0.1, 0.15) is 35.3 Å². The first kappa shape index (κ1) is 19.1. The normalized spacial score (nSPS) is 20.9. The van der Waals surface area contributed by atoms with Gasteiger partial charge in [0.1, 0.15) is 6.04 Å². The van der Waals surface area contributed by atoms with Crippen molar-refractivity contribution in [2.75, 3.05) is 19.6 Å². The third-order valence-electron chi connectivity index (χ3n) is 5.62. The Balaban J connectivity index is 1.50. The van der Waals surface area contributed by atoms with Crippen molar-refractivity contribution in [2.24, 2.45) is 5.41 Å². The predicted molar refractivity (Wildman–Crippen MR) is 104 cm³/mol. The number of nitrogens with zero attached hydrogens (tertiary/aromatic N) is 3. The molecule has 1 aromatic heterocycles. The van der Waals surface area contributed by atoms with Crippen LogP contribution in [-0.4, -0.2) is 63.7 Å². The number of benzene rings is 1. The fourth-order valence-electron chi connectivity index (χ4n) is 4.01. The first-order chi connectivity index (χ1) is 14.1. The van der Waals surface area contributed by atoms with Crippen LogP contribution < -0.4 is 10.6 Å². The summed E-state index contributed by atoms with van der Waals surface area (Å²) >= 11 is 0. The summed E-state index contributed by atoms with van der Waals surface area (Å²) in [7, 11) is 0. The molecule has 3 N–H and O–H groups in total. The number of hydrogen-bond acceptors (Lipinski definition) is 5. The average molecular weight is 396 g/mol. The number of H-pyrrole nitrogens is 1. The maximum Gasteiger partial charge on any atom is 0.276 e. The van der Waals surface area contributed by atoms with Gasteiger partial charge < -0.3 is 15.5 Å². The molecule has 9 nitrogen and oxygen atoms in total. The van der Waals surface area contributed by atoms with E-state index < -0.39 is 11.5 Å². The molecule has 152 valence electrons. The monoisotopic (exact) mass is 396 g/mol. The highest BCUT2D eigenvalue weighted by Crippen LogP contribution is 2.35. The molecule has 3 amide bonds. The van der Waals surface area contributed by atoms with E-state index in [0.29, 0.717) is 19.4 Å². The van der Waals surface area contributed by atoms with E-state index >= 15 is 0 Å². The van der Waals surface area contributed by atoms with Crippen LogP contribution in [0.5, 0.6) is 0 Å². The average Bonchev–Trinajstić information content (AvgIpc) is 3.16. The number of carbonyl (C=O) groups is 3. The molecule has 0 spiro atoms. The van der Waals surface area contributed by atoms with Crippen LogP contribution in [0.15, 0.2) is 36.5 Å². The van der Waals surface area contributed by atoms with Crippen molar-refractivity contribution in [3.8, 4) is 0 Å². The lowest BCUT2D eigenvalue weighted by Crippen LogP contribution is -2.67. The van der Waals surface area contributed by atoms with Crippen LogP contribution in [0.3, 0.4) is 0 Å². The van der Waals surface area contributed by atoms with Gasteiger partial charge in [-0.2, -0.15) is 15.4 Å². The standard InChI is InChI=1S/C20H24N6O3/c27-17-15(8-4-5-9-21-17)23-19(29)20(10-14-6-2-1-3-7-14)12-26(13-20)18(28)16-11-22-25-24-16/h1-3,6-7,11,15H,4-5,8-10,12-13H2,(H,21,27)(H,23,29)(H,22,24,25). The van der Waals surface area contributed by atoms with Gasteiger partial charge in [0.25, 0.3) is 5.91 Å². The van der Waals surface area contributed by atoms with Crippen LogP contribution >= 0.6 is 0 Å². The van der Waals surface area contributed by atoms with Crippen LogP contribution in [0, 0.1) is 5.41 Å². The Morgan fingerprint density at radius 3 is 2.72 bits per heavy atom. The third-order valence-corrected chi connectivity index (χ3v) is 5.62. The Bertz CT molecular complexity index is 877. The Labute approximate surface area is 168 Å². The highest BCUT2D eigenvalue weighted by Gasteiger charge is 2.52. The Kier molecular flexibility index (Phi) is 5.28. The predicted octanol–water partition coefficient (Wildman–Crippen LogP) is 0.275. The first-order valence-corrected chi connectivity index (χ1v) is 9.85. The number of hydrogen-bond donors (Lipinski definition) is 3. The topological polar surface area (TPSA) is 120 Å². The highest BCUT2D eigenvalue weighted by molar-refractivity contribution is 5.96. The number of aromatic amines is 1. The molecule has 0 radical (unpaired) electrons. The van der Waals surface area contributed by atoms with Gasteiger partial charge in [-0.25, -0.2) is 0 Å². The van der Waals surface area contributed by atoms with E-state index in [0.717, 1.165) is 18.4 Å². The van der Waals surface area contributed by atoms with Gasteiger partial charge in [0.05, 0.1) is 11.6 Å². The number of nitrogens with one attached hydrogen (secondary N) is 3. The highest BCUT2D eigenvalue weighted by atomic mass is 16.2. The van der Waals surface area contributed by atoms with Gasteiger partial charge >= 0.3 is 0 Å². The minimum absolute atomic E-state index is 0.138. The molecule has 0 saturated carbocycles. The van der Waals surface area contributed by atoms with Gasteiger partial charge in [-0.3, -0.25) is 14.4 Å². The zero-order valence-corrected chi connectivity index (χ0v) is 16.1. The van der Waals surface area contributed by atoms with Gasteiger partial charge in [-0.15, -0.1) is 0 Å². The van der Waals surface area contributed by atoms with E-state index in [1.54, 1.807) is 4.90 Å². The Morgan fingerprint density at radius 2 is 2.00 bits per heavy atom.